The molecule has 0 aliphatic rings. The minimum absolute atomic E-state index is 0.116. The summed E-state index contributed by atoms with van der Waals surface area (Å²) in [5.74, 6) is -0.105. The Balaban J connectivity index is 2.80. The van der Waals surface area contributed by atoms with Gasteiger partial charge in [-0.2, -0.15) is 0 Å². The van der Waals surface area contributed by atoms with Gasteiger partial charge in [-0.25, -0.2) is 9.78 Å². The summed E-state index contributed by atoms with van der Waals surface area (Å²) in [6.45, 7) is 2.10. The summed E-state index contributed by atoms with van der Waals surface area (Å²) in [6, 6.07) is 1.41. The van der Waals surface area contributed by atoms with Gasteiger partial charge in [-0.3, -0.25) is 0 Å². The zero-order valence-electron chi connectivity index (χ0n) is 8.36. The van der Waals surface area contributed by atoms with E-state index in [0.29, 0.717) is 5.03 Å². The fraction of sp³-hybridized carbons (Fsp3) is 0.400. The van der Waals surface area contributed by atoms with E-state index in [1.807, 2.05) is 0 Å². The highest BCUT2D eigenvalue weighted by molar-refractivity contribution is 7.99. The summed E-state index contributed by atoms with van der Waals surface area (Å²) in [6.07, 6.45) is 3.65. The first-order valence-corrected chi connectivity index (χ1v) is 6.03. The molecular weight excluding hydrogens is 234 g/mol. The van der Waals surface area contributed by atoms with Crippen molar-refractivity contribution in [2.45, 2.75) is 24.8 Å². The largest absolute Gasteiger partial charge is 0.478 e. The number of carboxylic acid groups (broad SMARTS) is 1. The van der Waals surface area contributed by atoms with Crippen LogP contribution in [0, 0.1) is 0 Å². The second-order valence-electron chi connectivity index (χ2n) is 2.98. The quantitative estimate of drug-likeness (QED) is 0.639. The third-order valence-electron chi connectivity index (χ3n) is 1.82. The maximum Gasteiger partial charge on any atom is 0.337 e. The van der Waals surface area contributed by atoms with E-state index in [9.17, 15) is 4.79 Å². The van der Waals surface area contributed by atoms with E-state index in [1.165, 1.54) is 24.0 Å². The molecule has 1 aromatic rings. The van der Waals surface area contributed by atoms with E-state index in [-0.39, 0.29) is 10.6 Å². The highest BCUT2D eigenvalue weighted by Crippen LogP contribution is 2.28. The van der Waals surface area contributed by atoms with Gasteiger partial charge in [0.2, 0.25) is 0 Å². The molecule has 1 aromatic heterocycles. The summed E-state index contributed by atoms with van der Waals surface area (Å²) < 4.78 is 0. The highest BCUT2D eigenvalue weighted by atomic mass is 35.5. The Morgan fingerprint density at radius 2 is 2.40 bits per heavy atom. The predicted molar refractivity (Wildman–Crippen MR) is 61.8 cm³/mol. The zero-order chi connectivity index (χ0) is 11.3. The molecule has 0 radical (unpaired) electrons. The van der Waals surface area contributed by atoms with Crippen LogP contribution in [0.5, 0.6) is 0 Å². The average molecular weight is 246 g/mol. The number of hydrogen-bond acceptors (Lipinski definition) is 3. The van der Waals surface area contributed by atoms with Gasteiger partial charge < -0.3 is 5.11 Å². The Morgan fingerprint density at radius 1 is 1.67 bits per heavy atom. The van der Waals surface area contributed by atoms with Gasteiger partial charge in [-0.15, -0.1) is 11.8 Å². The molecular formula is C10H12ClNO2S. The van der Waals surface area contributed by atoms with E-state index in [0.717, 1.165) is 18.6 Å². The SMILES string of the molecule is CCCCSc1nccc(C(=O)O)c1Cl. The van der Waals surface area contributed by atoms with Gasteiger partial charge in [-0.05, 0) is 18.2 Å². The second-order valence-corrected chi connectivity index (χ2v) is 4.45. The Morgan fingerprint density at radius 3 is 3.00 bits per heavy atom. The zero-order valence-corrected chi connectivity index (χ0v) is 9.94. The summed E-state index contributed by atoms with van der Waals surface area (Å²) >= 11 is 7.42. The number of hydrogen-bond donors (Lipinski definition) is 1. The van der Waals surface area contributed by atoms with Crippen LogP contribution in [0.25, 0.3) is 0 Å². The monoisotopic (exact) mass is 245 g/mol. The fourth-order valence-electron chi connectivity index (χ4n) is 1.00. The molecule has 0 aliphatic carbocycles. The van der Waals surface area contributed by atoms with Gasteiger partial charge >= 0.3 is 5.97 Å². The molecule has 0 aromatic carbocycles. The molecule has 0 atom stereocenters. The maximum atomic E-state index is 10.8. The maximum absolute atomic E-state index is 10.8. The van der Waals surface area contributed by atoms with Crippen molar-refractivity contribution < 1.29 is 9.90 Å². The van der Waals surface area contributed by atoms with Crippen molar-refractivity contribution in [3.05, 3.63) is 22.8 Å². The number of thioether (sulfide) groups is 1. The summed E-state index contributed by atoms with van der Waals surface area (Å²) in [5.41, 5.74) is 0.116. The number of unbranched alkanes of at least 4 members (excludes halogenated alkanes) is 1. The molecule has 0 bridgehead atoms. The van der Waals surface area contributed by atoms with Crippen LogP contribution in [0.2, 0.25) is 5.02 Å². The number of halogens is 1. The molecule has 3 nitrogen and oxygen atoms in total. The smallest absolute Gasteiger partial charge is 0.337 e. The molecule has 1 rings (SSSR count). The van der Waals surface area contributed by atoms with Gasteiger partial charge in [0, 0.05) is 6.20 Å². The first-order valence-electron chi connectivity index (χ1n) is 4.67. The van der Waals surface area contributed by atoms with Crippen molar-refractivity contribution >= 4 is 29.3 Å². The minimum atomic E-state index is -1.01. The lowest BCUT2D eigenvalue weighted by Crippen LogP contribution is -1.99. The van der Waals surface area contributed by atoms with Gasteiger partial charge in [0.15, 0.2) is 0 Å². The van der Waals surface area contributed by atoms with E-state index < -0.39 is 5.97 Å². The molecule has 0 saturated carbocycles. The topological polar surface area (TPSA) is 50.2 Å². The molecule has 0 saturated heterocycles. The van der Waals surface area contributed by atoms with Crippen LogP contribution in [0.15, 0.2) is 17.3 Å². The van der Waals surface area contributed by atoms with Crippen molar-refractivity contribution in [2.75, 3.05) is 5.75 Å². The molecule has 0 aliphatic heterocycles. The molecule has 1 heterocycles. The Labute approximate surface area is 97.9 Å². The highest BCUT2D eigenvalue weighted by Gasteiger charge is 2.12. The Bertz CT molecular complexity index is 357. The van der Waals surface area contributed by atoms with Gasteiger partial charge in [0.1, 0.15) is 5.03 Å². The van der Waals surface area contributed by atoms with Gasteiger partial charge in [0.25, 0.3) is 0 Å². The lowest BCUT2D eigenvalue weighted by molar-refractivity contribution is 0.0696. The lowest BCUT2D eigenvalue weighted by Gasteiger charge is -2.04. The average Bonchev–Trinajstić information content (AvgIpc) is 2.20. The van der Waals surface area contributed by atoms with Crippen LogP contribution >= 0.6 is 23.4 Å². The van der Waals surface area contributed by atoms with E-state index in [4.69, 9.17) is 16.7 Å². The number of aromatic carboxylic acids is 1. The van der Waals surface area contributed by atoms with Crippen molar-refractivity contribution in [2.24, 2.45) is 0 Å². The van der Waals surface area contributed by atoms with Crippen LogP contribution in [0.3, 0.4) is 0 Å². The van der Waals surface area contributed by atoms with Crippen LogP contribution in [-0.2, 0) is 0 Å². The van der Waals surface area contributed by atoms with Crippen molar-refractivity contribution in [1.82, 2.24) is 4.98 Å². The Kier molecular flexibility index (Phi) is 4.91. The number of pyridine rings is 1. The molecule has 82 valence electrons. The molecule has 0 fully saturated rings. The van der Waals surface area contributed by atoms with E-state index in [2.05, 4.69) is 11.9 Å². The summed E-state index contributed by atoms with van der Waals surface area (Å²) in [4.78, 5) is 14.8. The second kappa shape index (κ2) is 5.98. The Hall–Kier alpha value is -0.740. The van der Waals surface area contributed by atoms with Crippen molar-refractivity contribution in [3.8, 4) is 0 Å². The number of carboxylic acids is 1. The fourth-order valence-corrected chi connectivity index (χ4v) is 2.36. The lowest BCUT2D eigenvalue weighted by atomic mass is 10.3. The van der Waals surface area contributed by atoms with E-state index in [1.54, 1.807) is 0 Å². The van der Waals surface area contributed by atoms with E-state index >= 15 is 0 Å². The molecule has 5 heteroatoms. The molecule has 0 unspecified atom stereocenters. The number of carbonyl (C=O) groups is 1. The van der Waals surface area contributed by atoms with Gasteiger partial charge in [0.05, 0.1) is 10.6 Å². The van der Waals surface area contributed by atoms with Crippen LogP contribution in [0.1, 0.15) is 30.1 Å². The first-order chi connectivity index (χ1) is 7.16. The molecule has 15 heavy (non-hydrogen) atoms. The first kappa shape index (κ1) is 12.3. The summed E-state index contributed by atoms with van der Waals surface area (Å²) in [7, 11) is 0. The molecule has 0 amide bonds. The van der Waals surface area contributed by atoms with Crippen LogP contribution in [0.4, 0.5) is 0 Å². The van der Waals surface area contributed by atoms with Crippen LogP contribution in [-0.4, -0.2) is 21.8 Å². The van der Waals surface area contributed by atoms with Crippen molar-refractivity contribution in [1.29, 1.82) is 0 Å². The van der Waals surface area contributed by atoms with Crippen molar-refractivity contribution in [3.63, 3.8) is 0 Å². The third kappa shape index (κ3) is 3.39. The number of aromatic nitrogens is 1. The standard InChI is InChI=1S/C10H12ClNO2S/c1-2-3-6-15-9-8(11)7(10(13)14)4-5-12-9/h4-5H,2-3,6H2,1H3,(H,13,14). The van der Waals surface area contributed by atoms with Gasteiger partial charge in [-0.1, -0.05) is 24.9 Å². The predicted octanol–water partition coefficient (Wildman–Crippen LogP) is 3.33. The summed E-state index contributed by atoms with van der Waals surface area (Å²) in [5, 5.41) is 9.68. The third-order valence-corrected chi connectivity index (χ3v) is 3.39. The minimum Gasteiger partial charge on any atom is -0.478 e. The van der Waals surface area contributed by atoms with Crippen LogP contribution < -0.4 is 0 Å². The number of rotatable bonds is 5. The number of nitrogens with zero attached hydrogens (tertiary/aromatic N) is 1. The molecule has 0 spiro atoms. The normalized spacial score (nSPS) is 10.3. The molecule has 1 N–H and O–H groups in total.